The Balaban J connectivity index is 0.000000273. The van der Waals surface area contributed by atoms with E-state index in [-0.39, 0.29) is 98.9 Å². The first-order valence-electron chi connectivity index (χ1n) is 36.8. The summed E-state index contributed by atoms with van der Waals surface area (Å²) in [6.45, 7) is 25.2. The van der Waals surface area contributed by atoms with Gasteiger partial charge in [-0.05, 0) is 159 Å². The third kappa shape index (κ3) is 32.0. The molecule has 0 saturated carbocycles. The van der Waals surface area contributed by atoms with Crippen LogP contribution < -0.4 is 24.3 Å². The van der Waals surface area contributed by atoms with Crippen molar-refractivity contribution in [3.8, 4) is 39.9 Å². The molecule has 4 aliphatic heterocycles. The van der Waals surface area contributed by atoms with Gasteiger partial charge in [0.1, 0.15) is 88.5 Å². The minimum atomic E-state index is -0.809. The predicted octanol–water partition coefficient (Wildman–Crippen LogP) is 12.5. The number of pyridine rings is 5. The summed E-state index contributed by atoms with van der Waals surface area (Å²) < 4.78 is 57.3. The molecule has 0 aliphatic carbocycles. The Bertz CT molecular complexity index is 4180. The predicted molar refractivity (Wildman–Crippen MR) is 444 cm³/mol. The Morgan fingerprint density at radius 3 is 1.18 bits per heavy atom. The van der Waals surface area contributed by atoms with E-state index < -0.39 is 95.1 Å². The molecule has 628 valence electrons. The largest absolute Gasteiger partial charge is 0.506 e. The van der Waals surface area contributed by atoms with Gasteiger partial charge in [-0.15, -0.1) is 12.4 Å². The number of aromatic nitrogens is 5. The van der Waals surface area contributed by atoms with Gasteiger partial charge in [-0.3, -0.25) is 53.7 Å². The van der Waals surface area contributed by atoms with Gasteiger partial charge < -0.3 is 77.4 Å². The van der Waals surface area contributed by atoms with Crippen molar-refractivity contribution < 1.29 is 95.9 Å². The Morgan fingerprint density at radius 1 is 0.470 bits per heavy atom. The smallest absolute Gasteiger partial charge is 0.377 e. The van der Waals surface area contributed by atoms with E-state index in [1.807, 2.05) is 90.1 Å². The molecule has 9 heterocycles. The maximum absolute atomic E-state index is 13.8. The summed E-state index contributed by atoms with van der Waals surface area (Å²) in [5.41, 5.74) is -0.471. The SMILES string of the molecule is COC(=O)[C@@H]1C[C@@H](Oc2cncc(-c3ccccc3)c2)CN1C(=O)[C@@H](CC(=O)OC(C)(C)C)C(C)(C)C.COC(=O)[C@@H]1C[C@@H](Oc2cncc(Br)c2)CN1.COC(=O)[C@@H]1C[C@@H](Oc2cncc(Br)c2)CN1B(C)O.COC(=O)[C@@H]1C[C@@H](Oc2cncc(Br)c2)CN1C(=O)[C@@H](CC(=O)OC(C)(C)C)C(C)(C)C.Cl.Oc1cncc(Br)c1. The van der Waals surface area contributed by atoms with Crippen molar-refractivity contribution in [3.05, 3.63) is 141 Å². The number of hydrogen-bond acceptors (Lipinski definition) is 27. The van der Waals surface area contributed by atoms with E-state index in [2.05, 4.69) is 98.7 Å². The molecule has 0 spiro atoms. The zero-order chi connectivity index (χ0) is 84.6. The van der Waals surface area contributed by atoms with Crippen molar-refractivity contribution in [2.75, 3.05) is 54.6 Å². The van der Waals surface area contributed by atoms with Gasteiger partial charge in [-0.2, -0.15) is 0 Å². The van der Waals surface area contributed by atoms with Crippen LogP contribution in [0.4, 0.5) is 0 Å². The van der Waals surface area contributed by atoms with Crippen LogP contribution in [0.1, 0.15) is 122 Å². The van der Waals surface area contributed by atoms with Crippen LogP contribution in [0.2, 0.25) is 6.82 Å². The number of amides is 2. The minimum Gasteiger partial charge on any atom is -0.506 e. The molecule has 6 aromatic rings. The van der Waals surface area contributed by atoms with Crippen molar-refractivity contribution in [2.24, 2.45) is 22.7 Å². The van der Waals surface area contributed by atoms with Crippen molar-refractivity contribution in [1.82, 2.24) is 44.8 Å². The average Bonchev–Trinajstić information content (AvgIpc) is 1.49. The van der Waals surface area contributed by atoms with Crippen molar-refractivity contribution in [1.29, 1.82) is 0 Å². The number of carbonyl (C=O) groups excluding carboxylic acids is 8. The number of esters is 6. The summed E-state index contributed by atoms with van der Waals surface area (Å²) >= 11 is 13.1. The van der Waals surface area contributed by atoms with Gasteiger partial charge in [0.15, 0.2) is 0 Å². The quantitative estimate of drug-likeness (QED) is 0.0363. The minimum absolute atomic E-state index is 0. The maximum atomic E-state index is 13.8. The number of rotatable bonds is 20. The van der Waals surface area contributed by atoms with Gasteiger partial charge in [0.25, 0.3) is 0 Å². The first kappa shape index (κ1) is 97.5. The fraction of sp³-hybridized carbons (Fsp3) is 0.512. The molecule has 4 fully saturated rings. The Kier molecular flexibility index (Phi) is 38.1. The number of hydrogen-bond donors (Lipinski definition) is 3. The standard InChI is InChI=1S/C29H38N2O6.C23H33BrN2O6.C12H16BBrN2O4.C11H13BrN2O3.C5H4BrNO.ClH/c1-28(2,3)23(15-25(32)37-29(4,5)6)26(33)31-18-22(14-24(31)27(34)35-7)36-21-13-20(16-30-17-21)19-11-9-8-10-12-19;1-22(2,3)17(10-19(27)32-23(4,5)6)20(28)26-13-16(9-18(26)21(29)30-7)31-15-8-14(24)11-25-12-15;1-13(18)16-7-10(4-11(16)12(17)19-2)20-9-3-8(14)5-15-6-9;1-16-11(15)10-3-9(6-14-10)17-8-2-7(12)4-13-5-8;6-4-1-5(8)3-7-2-4;/h8-13,16-17,22-24H,14-15,18H2,1-7H3;8,11-12,16-18H,9-10,13H2,1-7H3;3,5-6,10-11,18H,4,7H2,1-2H3;2,4-5,9-10,14H,3,6H2,1H3;1-3,8H;1H/t22-,23-,24+;16-,17-,18+;10-,11+;9-,10+;;/m1111../s1. The first-order valence-corrected chi connectivity index (χ1v) is 40.0. The number of aromatic hydroxyl groups is 1. The molecular weight excluding hydrogens is 1770 g/mol. The van der Waals surface area contributed by atoms with Gasteiger partial charge in [0.2, 0.25) is 11.8 Å². The molecule has 3 N–H and O–H groups in total. The van der Waals surface area contributed by atoms with E-state index in [0.717, 1.165) is 29.0 Å². The lowest BCUT2D eigenvalue weighted by Gasteiger charge is -2.34. The summed E-state index contributed by atoms with van der Waals surface area (Å²) in [7, 11) is 4.59. The lowest BCUT2D eigenvalue weighted by atomic mass is 9.77. The second-order valence-corrected chi connectivity index (χ2v) is 35.0. The van der Waals surface area contributed by atoms with Crippen LogP contribution >= 0.6 is 76.1 Å². The van der Waals surface area contributed by atoms with Crippen molar-refractivity contribution in [2.45, 2.75) is 188 Å². The number of likely N-dealkylation sites (tertiary alicyclic amines) is 2. The highest BCUT2D eigenvalue weighted by molar-refractivity contribution is 9.11. The molecule has 0 bridgehead atoms. The molecule has 10 atom stereocenters. The Hall–Kier alpha value is -8.12. The van der Waals surface area contributed by atoms with Crippen LogP contribution in [0.15, 0.2) is 141 Å². The van der Waals surface area contributed by atoms with E-state index >= 15 is 0 Å². The highest BCUT2D eigenvalue weighted by Crippen LogP contribution is 2.38. The number of nitrogens with zero attached hydrogens (tertiary/aromatic N) is 8. The highest BCUT2D eigenvalue weighted by atomic mass is 79.9. The number of methoxy groups -OCH3 is 4. The second kappa shape index (κ2) is 45.0. The van der Waals surface area contributed by atoms with E-state index in [9.17, 15) is 43.4 Å². The molecule has 29 nitrogen and oxygen atoms in total. The fourth-order valence-electron chi connectivity index (χ4n) is 12.6. The third-order valence-electron chi connectivity index (χ3n) is 17.9. The van der Waals surface area contributed by atoms with Crippen LogP contribution in [0, 0.1) is 22.7 Å². The molecule has 35 heteroatoms. The maximum Gasteiger partial charge on any atom is 0.377 e. The van der Waals surface area contributed by atoms with Crippen LogP contribution in [0.25, 0.3) is 11.1 Å². The number of benzene rings is 1. The first-order chi connectivity index (χ1) is 53.5. The number of nitrogens with one attached hydrogen (secondary N) is 1. The topological polar surface area (TPSA) is 356 Å². The van der Waals surface area contributed by atoms with E-state index in [1.54, 1.807) is 121 Å². The van der Waals surface area contributed by atoms with Crippen molar-refractivity contribution >= 4 is 131 Å². The van der Waals surface area contributed by atoms with Crippen molar-refractivity contribution in [3.63, 3.8) is 0 Å². The van der Waals surface area contributed by atoms with Crippen LogP contribution in [0.5, 0.6) is 28.7 Å². The lowest BCUT2D eigenvalue weighted by molar-refractivity contribution is -0.162. The second-order valence-electron chi connectivity index (χ2n) is 31.4. The molecule has 0 radical (unpaired) electrons. The van der Waals surface area contributed by atoms with Crippen LogP contribution in [-0.2, 0) is 66.8 Å². The average molecular weight is 1880 g/mol. The van der Waals surface area contributed by atoms with Gasteiger partial charge >= 0.3 is 42.9 Å². The van der Waals surface area contributed by atoms with Gasteiger partial charge in [-0.1, -0.05) is 71.9 Å². The Labute approximate surface area is 712 Å². The number of halogens is 5. The molecule has 4 saturated heterocycles. The molecule has 0 unspecified atom stereocenters. The zero-order valence-electron chi connectivity index (χ0n) is 67.7. The normalized spacial score (nSPS) is 19.6. The molecule has 5 aromatic heterocycles. The van der Waals surface area contributed by atoms with Gasteiger partial charge in [-0.25, -0.2) is 9.59 Å². The monoisotopic (exact) mass is 1870 g/mol. The van der Waals surface area contributed by atoms with Gasteiger partial charge in [0, 0.05) is 93.2 Å². The summed E-state index contributed by atoms with van der Waals surface area (Å²) in [5, 5.41) is 21.5. The van der Waals surface area contributed by atoms with E-state index in [1.165, 1.54) is 44.4 Å². The molecule has 10 rings (SSSR count). The highest BCUT2D eigenvalue weighted by Gasteiger charge is 2.49. The molecule has 1 aromatic carbocycles. The molecule has 2 amide bonds. The van der Waals surface area contributed by atoms with Gasteiger partial charge in [0.05, 0.1) is 97.2 Å². The molecule has 4 aliphatic rings. The van der Waals surface area contributed by atoms with E-state index in [4.69, 9.17) is 47.7 Å². The van der Waals surface area contributed by atoms with E-state index in [0.29, 0.717) is 48.9 Å². The van der Waals surface area contributed by atoms with Crippen LogP contribution in [-0.4, -0.2) is 219 Å². The Morgan fingerprint density at radius 2 is 0.826 bits per heavy atom. The van der Waals surface area contributed by atoms with Crippen LogP contribution in [0.3, 0.4) is 0 Å². The number of ether oxygens (including phenoxy) is 10. The summed E-state index contributed by atoms with van der Waals surface area (Å²) in [6.07, 6.45) is 16.6. The zero-order valence-corrected chi connectivity index (χ0v) is 74.9. The lowest BCUT2D eigenvalue weighted by Crippen LogP contribution is -2.48. The number of carbonyl (C=O) groups is 8. The fourth-order valence-corrected chi connectivity index (χ4v) is 14.0. The molecule has 115 heavy (non-hydrogen) atoms. The summed E-state index contributed by atoms with van der Waals surface area (Å²) in [4.78, 5) is 126. The summed E-state index contributed by atoms with van der Waals surface area (Å²) in [5.74, 6) is -1.90. The summed E-state index contributed by atoms with van der Waals surface area (Å²) in [6, 6.07) is 16.4. The third-order valence-corrected chi connectivity index (χ3v) is 19.6. The molecular formula is C80H105BBr4ClN9O20.